The van der Waals surface area contributed by atoms with E-state index in [1.54, 1.807) is 0 Å². The van der Waals surface area contributed by atoms with Crippen LogP contribution in [0.5, 0.6) is 5.75 Å². The maximum atomic E-state index is 13.1. The van der Waals surface area contributed by atoms with Crippen LogP contribution in [0.15, 0.2) is 109 Å². The van der Waals surface area contributed by atoms with E-state index >= 15 is 0 Å². The first-order chi connectivity index (χ1) is 18.2. The number of aryl methyl sites for hydroxylation is 1. The molecule has 4 nitrogen and oxygen atoms in total. The molecule has 1 aromatic heterocycles. The molecular formula is C33H32N2O2. The van der Waals surface area contributed by atoms with Crippen molar-refractivity contribution in [3.63, 3.8) is 0 Å². The highest BCUT2D eigenvalue weighted by Gasteiger charge is 2.22. The molecule has 4 aromatic carbocycles. The average Bonchev–Trinajstić information content (AvgIpc) is 3.39. The number of aromatic nitrogens is 1. The minimum atomic E-state index is -0.0835. The number of carbonyl (C=O) groups is 1. The fourth-order valence-electron chi connectivity index (χ4n) is 4.82. The van der Waals surface area contributed by atoms with E-state index in [2.05, 4.69) is 65.9 Å². The molecule has 37 heavy (non-hydrogen) atoms. The molecule has 1 unspecified atom stereocenters. The lowest BCUT2D eigenvalue weighted by atomic mass is 9.87. The molecule has 0 aliphatic rings. The van der Waals surface area contributed by atoms with Gasteiger partial charge >= 0.3 is 0 Å². The Bertz CT molecular complexity index is 1440. The van der Waals surface area contributed by atoms with Gasteiger partial charge in [-0.25, -0.2) is 0 Å². The Morgan fingerprint density at radius 3 is 2.24 bits per heavy atom. The van der Waals surface area contributed by atoms with Crippen molar-refractivity contribution in [1.82, 2.24) is 10.3 Å². The van der Waals surface area contributed by atoms with Gasteiger partial charge in [0.1, 0.15) is 12.4 Å². The topological polar surface area (TPSA) is 54.1 Å². The number of nitrogens with one attached hydrogen (secondary N) is 2. The van der Waals surface area contributed by atoms with E-state index in [1.165, 1.54) is 10.9 Å². The van der Waals surface area contributed by atoms with Crippen LogP contribution in [0, 0.1) is 0 Å². The summed E-state index contributed by atoms with van der Waals surface area (Å²) >= 11 is 0. The molecule has 186 valence electrons. The highest BCUT2D eigenvalue weighted by Crippen LogP contribution is 2.35. The molecule has 1 heterocycles. The minimum absolute atomic E-state index is 0.0271. The Hall–Kier alpha value is -4.31. The number of rotatable bonds is 10. The zero-order valence-electron chi connectivity index (χ0n) is 21.1. The molecule has 0 aliphatic heterocycles. The second-order valence-corrected chi connectivity index (χ2v) is 9.30. The van der Waals surface area contributed by atoms with E-state index in [1.807, 2.05) is 60.7 Å². The lowest BCUT2D eigenvalue weighted by molar-refractivity contribution is -0.121. The van der Waals surface area contributed by atoms with Gasteiger partial charge in [0, 0.05) is 36.0 Å². The number of hydrogen-bond acceptors (Lipinski definition) is 2. The Labute approximate surface area is 218 Å². The van der Waals surface area contributed by atoms with Gasteiger partial charge in [0.25, 0.3) is 0 Å². The van der Waals surface area contributed by atoms with Gasteiger partial charge in [0.15, 0.2) is 0 Å². The standard InChI is InChI=1S/C33H32N2O2/c1-2-26-14-9-15-29-31(22-35-33(26)29)30(20-32(36)34-21-24-10-5-3-6-11-24)27-16-18-28(19-17-27)37-23-25-12-7-4-8-13-25/h3-19,22,30,35H,2,20-21,23H2,1H3,(H,34,36). The van der Waals surface area contributed by atoms with Crippen LogP contribution in [0.2, 0.25) is 0 Å². The first-order valence-corrected chi connectivity index (χ1v) is 12.9. The van der Waals surface area contributed by atoms with Gasteiger partial charge in [-0.3, -0.25) is 4.79 Å². The molecule has 5 aromatic rings. The Morgan fingerprint density at radius 1 is 0.838 bits per heavy atom. The minimum Gasteiger partial charge on any atom is -0.489 e. The number of H-pyrrole nitrogens is 1. The van der Waals surface area contributed by atoms with Crippen LogP contribution < -0.4 is 10.1 Å². The van der Waals surface area contributed by atoms with Crippen molar-refractivity contribution in [2.45, 2.75) is 38.8 Å². The van der Waals surface area contributed by atoms with E-state index in [-0.39, 0.29) is 11.8 Å². The monoisotopic (exact) mass is 488 g/mol. The van der Waals surface area contributed by atoms with Crippen LogP contribution in [0.4, 0.5) is 0 Å². The van der Waals surface area contributed by atoms with Gasteiger partial charge in [-0.05, 0) is 46.4 Å². The van der Waals surface area contributed by atoms with Crippen LogP contribution in [-0.2, 0) is 24.4 Å². The molecule has 1 amide bonds. The van der Waals surface area contributed by atoms with Gasteiger partial charge in [0.05, 0.1) is 0 Å². The van der Waals surface area contributed by atoms with Gasteiger partial charge in [-0.1, -0.05) is 97.9 Å². The Morgan fingerprint density at radius 2 is 1.54 bits per heavy atom. The predicted molar refractivity (Wildman–Crippen MR) is 150 cm³/mol. The van der Waals surface area contributed by atoms with Crippen molar-refractivity contribution in [2.75, 3.05) is 0 Å². The summed E-state index contributed by atoms with van der Waals surface area (Å²) in [6, 6.07) is 34.7. The molecule has 0 bridgehead atoms. The molecule has 0 aliphatic carbocycles. The summed E-state index contributed by atoms with van der Waals surface area (Å²) in [6.45, 7) is 3.21. The van der Waals surface area contributed by atoms with Crippen LogP contribution in [-0.4, -0.2) is 10.9 Å². The fraction of sp³-hybridized carbons (Fsp3) is 0.182. The molecule has 0 saturated carbocycles. The van der Waals surface area contributed by atoms with Crippen molar-refractivity contribution in [1.29, 1.82) is 0 Å². The van der Waals surface area contributed by atoms with E-state index in [0.717, 1.165) is 39.9 Å². The van der Waals surface area contributed by atoms with E-state index in [9.17, 15) is 4.79 Å². The van der Waals surface area contributed by atoms with Crippen LogP contribution in [0.1, 0.15) is 47.1 Å². The smallest absolute Gasteiger partial charge is 0.221 e. The third-order valence-corrected chi connectivity index (χ3v) is 6.84. The first-order valence-electron chi connectivity index (χ1n) is 12.9. The van der Waals surface area contributed by atoms with Crippen LogP contribution >= 0.6 is 0 Å². The molecule has 2 N–H and O–H groups in total. The van der Waals surface area contributed by atoms with E-state index < -0.39 is 0 Å². The summed E-state index contributed by atoms with van der Waals surface area (Å²) in [5.74, 6) is 0.756. The van der Waals surface area contributed by atoms with E-state index in [4.69, 9.17) is 4.74 Å². The molecule has 1 atom stereocenters. The zero-order valence-corrected chi connectivity index (χ0v) is 21.1. The first kappa shape index (κ1) is 24.4. The number of carbonyl (C=O) groups excluding carboxylic acids is 1. The summed E-state index contributed by atoms with van der Waals surface area (Å²) < 4.78 is 6.00. The van der Waals surface area contributed by atoms with Crippen molar-refractivity contribution in [2.24, 2.45) is 0 Å². The summed E-state index contributed by atoms with van der Waals surface area (Å²) in [5.41, 5.74) is 6.87. The summed E-state index contributed by atoms with van der Waals surface area (Å²) in [6.07, 6.45) is 3.38. The molecule has 5 rings (SSSR count). The molecule has 0 radical (unpaired) electrons. The SMILES string of the molecule is CCc1cccc2c(C(CC(=O)NCc3ccccc3)c3ccc(OCc4ccccc4)cc3)c[nH]c12. The van der Waals surface area contributed by atoms with E-state index in [0.29, 0.717) is 19.6 Å². The molecule has 4 heteroatoms. The zero-order chi connectivity index (χ0) is 25.5. The lowest BCUT2D eigenvalue weighted by Gasteiger charge is -2.18. The number of benzene rings is 4. The average molecular weight is 489 g/mol. The normalized spacial score (nSPS) is 11.8. The maximum absolute atomic E-state index is 13.1. The van der Waals surface area contributed by atoms with Crippen LogP contribution in [0.25, 0.3) is 10.9 Å². The highest BCUT2D eigenvalue weighted by atomic mass is 16.5. The third-order valence-electron chi connectivity index (χ3n) is 6.84. The quantitative estimate of drug-likeness (QED) is 0.219. The summed E-state index contributed by atoms with van der Waals surface area (Å²) in [5, 5.41) is 4.28. The Kier molecular flexibility index (Phi) is 7.66. The largest absolute Gasteiger partial charge is 0.489 e. The van der Waals surface area contributed by atoms with Crippen molar-refractivity contribution >= 4 is 16.8 Å². The van der Waals surface area contributed by atoms with Gasteiger partial charge in [0.2, 0.25) is 5.91 Å². The second-order valence-electron chi connectivity index (χ2n) is 9.30. The summed E-state index contributed by atoms with van der Waals surface area (Å²) in [7, 11) is 0. The van der Waals surface area contributed by atoms with Gasteiger partial charge < -0.3 is 15.0 Å². The number of fused-ring (bicyclic) bond motifs is 1. The Balaban J connectivity index is 1.38. The molecular weight excluding hydrogens is 456 g/mol. The predicted octanol–water partition coefficient (Wildman–Crippen LogP) is 7.15. The molecule has 0 saturated heterocycles. The lowest BCUT2D eigenvalue weighted by Crippen LogP contribution is -2.25. The number of amides is 1. The fourth-order valence-corrected chi connectivity index (χ4v) is 4.82. The van der Waals surface area contributed by atoms with Gasteiger partial charge in [-0.2, -0.15) is 0 Å². The maximum Gasteiger partial charge on any atom is 0.221 e. The second kappa shape index (κ2) is 11.6. The third kappa shape index (κ3) is 5.92. The van der Waals surface area contributed by atoms with Crippen molar-refractivity contribution in [3.05, 3.63) is 137 Å². The number of para-hydroxylation sites is 1. The summed E-state index contributed by atoms with van der Waals surface area (Å²) in [4.78, 5) is 16.6. The number of aromatic amines is 1. The van der Waals surface area contributed by atoms with Crippen molar-refractivity contribution < 1.29 is 9.53 Å². The van der Waals surface area contributed by atoms with Crippen LogP contribution in [0.3, 0.4) is 0 Å². The van der Waals surface area contributed by atoms with Crippen molar-refractivity contribution in [3.8, 4) is 5.75 Å². The number of hydrogen-bond donors (Lipinski definition) is 2. The molecule has 0 fully saturated rings. The number of ether oxygens (including phenoxy) is 1. The highest BCUT2D eigenvalue weighted by molar-refractivity contribution is 5.88. The molecule has 0 spiro atoms. The van der Waals surface area contributed by atoms with Gasteiger partial charge in [-0.15, -0.1) is 0 Å².